The third kappa shape index (κ3) is 6.41. The molecule has 2 aromatic carbocycles. The number of aromatic amines is 1. The molecule has 44 heavy (non-hydrogen) atoms. The van der Waals surface area contributed by atoms with Crippen molar-refractivity contribution in [3.63, 3.8) is 0 Å². The van der Waals surface area contributed by atoms with Gasteiger partial charge in [0.25, 0.3) is 5.91 Å². The third-order valence-electron chi connectivity index (χ3n) is 8.98. The molecule has 4 aromatic rings. The lowest BCUT2D eigenvalue weighted by Gasteiger charge is -2.41. The van der Waals surface area contributed by atoms with Crippen LogP contribution < -0.4 is 26.0 Å². The van der Waals surface area contributed by atoms with Gasteiger partial charge in [0.1, 0.15) is 23.0 Å². The van der Waals surface area contributed by atoms with Crippen molar-refractivity contribution >= 4 is 58.4 Å². The maximum Gasteiger partial charge on any atom is 0.253 e. The second-order valence-corrected chi connectivity index (χ2v) is 12.0. The lowest BCUT2D eigenvalue weighted by molar-refractivity contribution is 0.0997. The summed E-state index contributed by atoms with van der Waals surface area (Å²) in [4.78, 5) is 29.3. The summed E-state index contributed by atoms with van der Waals surface area (Å²) in [7, 11) is 1.65. The second kappa shape index (κ2) is 13.3. The number of likely N-dealkylation sites (tertiary alicyclic amines) is 1. The van der Waals surface area contributed by atoms with Gasteiger partial charge in [0.2, 0.25) is 5.95 Å². The molecule has 10 nitrogen and oxygen atoms in total. The van der Waals surface area contributed by atoms with Gasteiger partial charge in [0.15, 0.2) is 0 Å². The van der Waals surface area contributed by atoms with Crippen LogP contribution in [0, 0.1) is 17.7 Å². The Balaban J connectivity index is 1.16. The van der Waals surface area contributed by atoms with Crippen LogP contribution in [0.1, 0.15) is 36.0 Å². The predicted octanol–water partition coefficient (Wildman–Crippen LogP) is 5.55. The quantitative estimate of drug-likeness (QED) is 0.147. The van der Waals surface area contributed by atoms with E-state index in [0.717, 1.165) is 42.9 Å². The van der Waals surface area contributed by atoms with Crippen molar-refractivity contribution in [2.24, 2.45) is 17.6 Å². The molecular formula is C32H39FN8O2S. The minimum absolute atomic E-state index is 0.217. The van der Waals surface area contributed by atoms with E-state index < -0.39 is 11.7 Å². The van der Waals surface area contributed by atoms with Gasteiger partial charge in [-0.1, -0.05) is 6.07 Å². The first-order valence-electron chi connectivity index (χ1n) is 15.2. The summed E-state index contributed by atoms with van der Waals surface area (Å²) in [5.41, 5.74) is 7.83. The van der Waals surface area contributed by atoms with Crippen molar-refractivity contribution in [2.75, 3.05) is 61.1 Å². The predicted molar refractivity (Wildman–Crippen MR) is 176 cm³/mol. The van der Waals surface area contributed by atoms with E-state index in [2.05, 4.69) is 60.1 Å². The normalized spacial score (nSPS) is 16.8. The number of anilines is 5. The average molecular weight is 619 g/mol. The van der Waals surface area contributed by atoms with E-state index in [1.54, 1.807) is 25.4 Å². The van der Waals surface area contributed by atoms with Crippen LogP contribution >= 0.6 is 12.6 Å². The Kier molecular flexibility index (Phi) is 9.08. The van der Waals surface area contributed by atoms with E-state index in [-0.39, 0.29) is 11.3 Å². The zero-order chi connectivity index (χ0) is 30.6. The second-order valence-electron chi connectivity index (χ2n) is 11.5. The van der Waals surface area contributed by atoms with E-state index in [4.69, 9.17) is 10.5 Å². The zero-order valence-electron chi connectivity index (χ0n) is 24.9. The molecule has 2 aliphatic heterocycles. The molecule has 0 saturated carbocycles. The zero-order valence-corrected chi connectivity index (χ0v) is 25.7. The first-order valence-corrected chi connectivity index (χ1v) is 15.8. The molecule has 12 heteroatoms. The number of halogens is 1. The van der Waals surface area contributed by atoms with Crippen LogP contribution in [0.3, 0.4) is 0 Å². The standard InChI is InChI=1S/C32H39FN8O2S/c1-43-27-19-22(41-15-10-21(11-16-41)20-8-13-40(14-9-20)17-18-44)5-6-25(27)37-32-38-30-23(7-12-35-30)31(39-32)36-26-4-2-3-24(33)28(26)29(34)42/h2-7,12,19-21,44H,8-11,13-18H2,1H3,(H2,34,42)(H3,35,36,37,38,39). The molecule has 0 bridgehead atoms. The van der Waals surface area contributed by atoms with Crippen LogP contribution in [-0.2, 0) is 0 Å². The van der Waals surface area contributed by atoms with Crippen molar-refractivity contribution in [3.05, 3.63) is 60.0 Å². The number of rotatable bonds is 10. The van der Waals surface area contributed by atoms with Crippen LogP contribution in [0.25, 0.3) is 11.0 Å². The lowest BCUT2D eigenvalue weighted by atomic mass is 9.78. The number of hydrogen-bond acceptors (Lipinski definition) is 9. The Labute approximate surface area is 262 Å². The summed E-state index contributed by atoms with van der Waals surface area (Å²) in [6.45, 7) is 5.57. The number of piperidine rings is 2. The van der Waals surface area contributed by atoms with Gasteiger partial charge in [-0.3, -0.25) is 4.79 Å². The Morgan fingerprint density at radius 1 is 1.05 bits per heavy atom. The van der Waals surface area contributed by atoms with Crippen LogP contribution in [-0.4, -0.2) is 71.3 Å². The van der Waals surface area contributed by atoms with Gasteiger partial charge < -0.3 is 35.9 Å². The molecule has 0 atom stereocenters. The number of primary amides is 1. The van der Waals surface area contributed by atoms with Crippen molar-refractivity contribution in [3.8, 4) is 5.75 Å². The highest BCUT2D eigenvalue weighted by atomic mass is 32.1. The van der Waals surface area contributed by atoms with Gasteiger partial charge in [-0.15, -0.1) is 0 Å². The Hall–Kier alpha value is -4.03. The molecule has 0 unspecified atom stereocenters. The molecule has 2 saturated heterocycles. The SMILES string of the molecule is COc1cc(N2CCC(C3CCN(CCS)CC3)CC2)ccc1Nc1nc(Nc2cccc(F)c2C(N)=O)c2cc[nH]c2n1. The number of amides is 1. The molecular weight excluding hydrogens is 579 g/mol. The molecule has 2 aliphatic rings. The molecule has 0 aliphatic carbocycles. The molecule has 232 valence electrons. The van der Waals surface area contributed by atoms with Crippen molar-refractivity contribution in [1.82, 2.24) is 19.9 Å². The molecule has 0 spiro atoms. The molecule has 2 aromatic heterocycles. The van der Waals surface area contributed by atoms with Crippen molar-refractivity contribution in [2.45, 2.75) is 25.7 Å². The van der Waals surface area contributed by atoms with E-state index in [9.17, 15) is 9.18 Å². The average Bonchev–Trinajstić information content (AvgIpc) is 3.51. The lowest BCUT2D eigenvalue weighted by Crippen LogP contribution is -2.41. The monoisotopic (exact) mass is 618 g/mol. The fourth-order valence-corrected chi connectivity index (χ4v) is 6.90. The number of thiol groups is 1. The van der Waals surface area contributed by atoms with Gasteiger partial charge in [-0.25, -0.2) is 4.39 Å². The highest BCUT2D eigenvalue weighted by Crippen LogP contribution is 2.37. The molecule has 2 fully saturated rings. The summed E-state index contributed by atoms with van der Waals surface area (Å²) in [5, 5.41) is 7.01. The molecule has 0 radical (unpaired) electrons. The van der Waals surface area contributed by atoms with Crippen molar-refractivity contribution < 1.29 is 13.9 Å². The minimum Gasteiger partial charge on any atom is -0.494 e. The number of H-pyrrole nitrogens is 1. The number of hydrogen-bond donors (Lipinski definition) is 5. The Morgan fingerprint density at radius 2 is 1.80 bits per heavy atom. The largest absolute Gasteiger partial charge is 0.494 e. The number of ether oxygens (including phenoxy) is 1. The maximum absolute atomic E-state index is 14.4. The number of carbonyl (C=O) groups is 1. The van der Waals surface area contributed by atoms with Gasteiger partial charge in [-0.2, -0.15) is 22.6 Å². The Bertz CT molecular complexity index is 1620. The summed E-state index contributed by atoms with van der Waals surface area (Å²) < 4.78 is 20.2. The fourth-order valence-electron chi connectivity index (χ4n) is 6.62. The molecule has 5 N–H and O–H groups in total. The van der Waals surface area contributed by atoms with Gasteiger partial charge in [-0.05, 0) is 80.9 Å². The van der Waals surface area contributed by atoms with Crippen molar-refractivity contribution in [1.29, 1.82) is 0 Å². The van der Waals surface area contributed by atoms with Crippen LogP contribution in [0.4, 0.5) is 33.2 Å². The molecule has 1 amide bonds. The number of nitrogens with zero attached hydrogens (tertiary/aromatic N) is 4. The molecule has 4 heterocycles. The highest BCUT2D eigenvalue weighted by molar-refractivity contribution is 7.80. The number of benzene rings is 2. The van der Waals surface area contributed by atoms with Gasteiger partial charge >= 0.3 is 0 Å². The topological polar surface area (TPSA) is 124 Å². The number of carbonyl (C=O) groups excluding carboxylic acids is 1. The van der Waals surface area contributed by atoms with Gasteiger partial charge in [0, 0.05) is 43.3 Å². The number of fused-ring (bicyclic) bond motifs is 1. The van der Waals surface area contributed by atoms with Crippen LogP contribution in [0.15, 0.2) is 48.7 Å². The first kappa shape index (κ1) is 30.0. The summed E-state index contributed by atoms with van der Waals surface area (Å²) in [6.07, 6.45) is 6.76. The Morgan fingerprint density at radius 3 is 2.50 bits per heavy atom. The van der Waals surface area contributed by atoms with Gasteiger partial charge in [0.05, 0.1) is 29.4 Å². The number of aromatic nitrogens is 3. The smallest absolute Gasteiger partial charge is 0.253 e. The minimum atomic E-state index is -0.873. The third-order valence-corrected chi connectivity index (χ3v) is 9.18. The van der Waals surface area contributed by atoms with E-state index in [1.165, 1.54) is 50.9 Å². The first-order chi connectivity index (χ1) is 21.4. The number of nitrogens with one attached hydrogen (secondary N) is 3. The molecule has 6 rings (SSSR count). The number of methoxy groups -OCH3 is 1. The van der Waals surface area contributed by atoms with Crippen LogP contribution in [0.2, 0.25) is 0 Å². The van der Waals surface area contributed by atoms with E-state index in [1.807, 2.05) is 6.07 Å². The maximum atomic E-state index is 14.4. The van der Waals surface area contributed by atoms with E-state index in [0.29, 0.717) is 34.2 Å². The highest BCUT2D eigenvalue weighted by Gasteiger charge is 2.29. The summed E-state index contributed by atoms with van der Waals surface area (Å²) in [6, 6.07) is 12.2. The fraction of sp³-hybridized carbons (Fsp3) is 0.406. The van der Waals surface area contributed by atoms with Crippen LogP contribution in [0.5, 0.6) is 5.75 Å². The number of nitrogens with two attached hydrogens (primary N) is 1. The summed E-state index contributed by atoms with van der Waals surface area (Å²) in [5.74, 6) is 2.33. The summed E-state index contributed by atoms with van der Waals surface area (Å²) >= 11 is 4.39. The van der Waals surface area contributed by atoms with E-state index >= 15 is 0 Å².